The van der Waals surface area contributed by atoms with Crippen LogP contribution in [0.4, 0.5) is 8.78 Å². The molecule has 0 aliphatic rings. The van der Waals surface area contributed by atoms with Crippen LogP contribution in [0.1, 0.15) is 0 Å². The molecule has 0 nitrogen and oxygen atoms in total. The standard InChI is InChI=1S/C10H4Br2F2/c11-7-1-5-3-10(14)8(12)2-6(5)4-9(7)13/h1-4H. The van der Waals surface area contributed by atoms with Crippen molar-refractivity contribution in [3.8, 4) is 0 Å². The highest BCUT2D eigenvalue weighted by molar-refractivity contribution is 9.10. The monoisotopic (exact) mass is 320 g/mol. The van der Waals surface area contributed by atoms with Gasteiger partial charge in [-0.1, -0.05) is 0 Å². The Morgan fingerprint density at radius 2 is 1.07 bits per heavy atom. The van der Waals surface area contributed by atoms with Gasteiger partial charge < -0.3 is 0 Å². The summed E-state index contributed by atoms with van der Waals surface area (Å²) in [6, 6.07) is 5.84. The van der Waals surface area contributed by atoms with Crippen LogP contribution in [0.2, 0.25) is 0 Å². The predicted molar refractivity (Wildman–Crippen MR) is 59.3 cm³/mol. The zero-order valence-electron chi connectivity index (χ0n) is 6.82. The van der Waals surface area contributed by atoms with Crippen LogP contribution in [0, 0.1) is 11.6 Å². The first-order valence-corrected chi connectivity index (χ1v) is 5.40. The van der Waals surface area contributed by atoms with Gasteiger partial charge in [-0.2, -0.15) is 0 Å². The molecule has 0 saturated heterocycles. The molecule has 0 fully saturated rings. The highest BCUT2D eigenvalue weighted by atomic mass is 79.9. The van der Waals surface area contributed by atoms with E-state index in [-0.39, 0.29) is 11.6 Å². The second kappa shape index (κ2) is 3.59. The van der Waals surface area contributed by atoms with Gasteiger partial charge in [0.2, 0.25) is 0 Å². The van der Waals surface area contributed by atoms with Crippen molar-refractivity contribution in [1.29, 1.82) is 0 Å². The minimum atomic E-state index is -0.351. The van der Waals surface area contributed by atoms with Crippen LogP contribution in [0.25, 0.3) is 10.8 Å². The number of rotatable bonds is 0. The molecule has 0 amide bonds. The molecule has 0 aromatic heterocycles. The van der Waals surface area contributed by atoms with E-state index in [1.165, 1.54) is 12.1 Å². The molecule has 0 bridgehead atoms. The van der Waals surface area contributed by atoms with Gasteiger partial charge in [-0.15, -0.1) is 0 Å². The van der Waals surface area contributed by atoms with Crippen molar-refractivity contribution >= 4 is 42.6 Å². The van der Waals surface area contributed by atoms with Gasteiger partial charge in [0.25, 0.3) is 0 Å². The highest BCUT2D eigenvalue weighted by Gasteiger charge is 2.05. The van der Waals surface area contributed by atoms with E-state index < -0.39 is 0 Å². The van der Waals surface area contributed by atoms with Gasteiger partial charge in [0.05, 0.1) is 8.95 Å². The minimum Gasteiger partial charge on any atom is -0.206 e. The molecule has 0 heterocycles. The minimum absolute atomic E-state index is 0.340. The van der Waals surface area contributed by atoms with E-state index in [9.17, 15) is 8.78 Å². The van der Waals surface area contributed by atoms with Crippen LogP contribution >= 0.6 is 31.9 Å². The molecule has 2 aromatic carbocycles. The molecule has 4 heteroatoms. The Balaban J connectivity index is 2.83. The maximum absolute atomic E-state index is 13.1. The van der Waals surface area contributed by atoms with Gasteiger partial charge in [0.1, 0.15) is 11.6 Å². The van der Waals surface area contributed by atoms with E-state index in [1.807, 2.05) is 0 Å². The second-order valence-corrected chi connectivity index (χ2v) is 4.59. The van der Waals surface area contributed by atoms with Gasteiger partial charge >= 0.3 is 0 Å². The molecule has 0 N–H and O–H groups in total. The number of halogens is 4. The lowest BCUT2D eigenvalue weighted by atomic mass is 10.1. The van der Waals surface area contributed by atoms with Crippen LogP contribution in [0.15, 0.2) is 33.2 Å². The average Bonchev–Trinajstić information content (AvgIpc) is 2.11. The Labute approximate surface area is 96.2 Å². The molecular formula is C10H4Br2F2. The summed E-state index contributed by atoms with van der Waals surface area (Å²) < 4.78 is 26.9. The summed E-state index contributed by atoms with van der Waals surface area (Å²) in [6.45, 7) is 0. The van der Waals surface area contributed by atoms with E-state index in [4.69, 9.17) is 0 Å². The van der Waals surface area contributed by atoms with Crippen LogP contribution in [-0.2, 0) is 0 Å². The predicted octanol–water partition coefficient (Wildman–Crippen LogP) is 4.64. The van der Waals surface area contributed by atoms with Crippen LogP contribution in [0.5, 0.6) is 0 Å². The Bertz CT molecular complexity index is 420. The first-order chi connectivity index (χ1) is 6.58. The molecule has 0 aliphatic carbocycles. The SMILES string of the molecule is Fc1cc2cc(Br)c(F)cc2cc1Br. The fourth-order valence-corrected chi connectivity index (χ4v) is 1.96. The summed E-state index contributed by atoms with van der Waals surface area (Å²) >= 11 is 6.10. The summed E-state index contributed by atoms with van der Waals surface area (Å²) in [7, 11) is 0. The number of hydrogen-bond donors (Lipinski definition) is 0. The molecule has 0 spiro atoms. The summed E-state index contributed by atoms with van der Waals surface area (Å²) in [6.07, 6.45) is 0. The molecule has 0 atom stereocenters. The van der Waals surface area contributed by atoms with Crippen molar-refractivity contribution < 1.29 is 8.78 Å². The smallest absolute Gasteiger partial charge is 0.138 e. The maximum atomic E-state index is 13.1. The van der Waals surface area contributed by atoms with Crippen molar-refractivity contribution in [2.45, 2.75) is 0 Å². The Hall–Kier alpha value is -0.480. The Kier molecular flexibility index (Phi) is 2.58. The van der Waals surface area contributed by atoms with Crippen molar-refractivity contribution in [3.63, 3.8) is 0 Å². The summed E-state index contributed by atoms with van der Waals surface area (Å²) in [4.78, 5) is 0. The molecule has 0 aliphatic heterocycles. The van der Waals surface area contributed by atoms with Crippen molar-refractivity contribution in [2.75, 3.05) is 0 Å². The van der Waals surface area contributed by atoms with E-state index >= 15 is 0 Å². The third-order valence-electron chi connectivity index (χ3n) is 1.92. The molecule has 2 rings (SSSR count). The molecule has 14 heavy (non-hydrogen) atoms. The first kappa shape index (κ1) is 10.1. The van der Waals surface area contributed by atoms with Gasteiger partial charge in [0.15, 0.2) is 0 Å². The van der Waals surface area contributed by atoms with Gasteiger partial charge in [-0.05, 0) is 66.9 Å². The van der Waals surface area contributed by atoms with Gasteiger partial charge in [0, 0.05) is 0 Å². The Morgan fingerprint density at radius 3 is 1.43 bits per heavy atom. The second-order valence-electron chi connectivity index (χ2n) is 2.88. The zero-order chi connectivity index (χ0) is 10.3. The number of hydrogen-bond acceptors (Lipinski definition) is 0. The summed E-state index contributed by atoms with van der Waals surface area (Å²) in [5.74, 6) is -0.702. The van der Waals surface area contributed by atoms with Crippen LogP contribution in [-0.4, -0.2) is 0 Å². The molecule has 0 saturated carbocycles. The van der Waals surface area contributed by atoms with Crippen LogP contribution < -0.4 is 0 Å². The average molecular weight is 322 g/mol. The molecule has 72 valence electrons. The molecule has 0 unspecified atom stereocenters. The zero-order valence-corrected chi connectivity index (χ0v) is 9.99. The Morgan fingerprint density at radius 1 is 0.714 bits per heavy atom. The largest absolute Gasteiger partial charge is 0.206 e. The highest BCUT2D eigenvalue weighted by Crippen LogP contribution is 2.27. The first-order valence-electron chi connectivity index (χ1n) is 3.82. The van der Waals surface area contributed by atoms with E-state index in [1.54, 1.807) is 12.1 Å². The number of benzene rings is 2. The summed E-state index contributed by atoms with van der Waals surface area (Å²) in [5.41, 5.74) is 0. The van der Waals surface area contributed by atoms with Crippen molar-refractivity contribution in [2.24, 2.45) is 0 Å². The summed E-state index contributed by atoms with van der Waals surface area (Å²) in [5, 5.41) is 1.33. The van der Waals surface area contributed by atoms with Crippen molar-refractivity contribution in [3.05, 3.63) is 44.8 Å². The maximum Gasteiger partial charge on any atom is 0.138 e. The fraction of sp³-hybridized carbons (Fsp3) is 0. The molecule has 0 radical (unpaired) electrons. The van der Waals surface area contributed by atoms with Crippen molar-refractivity contribution in [1.82, 2.24) is 0 Å². The lowest BCUT2D eigenvalue weighted by Crippen LogP contribution is -1.83. The van der Waals surface area contributed by atoms with E-state index in [0.29, 0.717) is 19.7 Å². The molecular weight excluding hydrogens is 318 g/mol. The van der Waals surface area contributed by atoms with Crippen LogP contribution in [0.3, 0.4) is 0 Å². The lowest BCUT2D eigenvalue weighted by molar-refractivity contribution is 0.619. The normalized spacial score (nSPS) is 10.9. The quantitative estimate of drug-likeness (QED) is 0.663. The fourth-order valence-electron chi connectivity index (χ4n) is 1.24. The third kappa shape index (κ3) is 1.68. The number of fused-ring (bicyclic) bond motifs is 1. The van der Waals surface area contributed by atoms with E-state index in [2.05, 4.69) is 31.9 Å². The third-order valence-corrected chi connectivity index (χ3v) is 3.13. The van der Waals surface area contributed by atoms with Gasteiger partial charge in [-0.25, -0.2) is 8.78 Å². The van der Waals surface area contributed by atoms with E-state index in [0.717, 1.165) is 0 Å². The topological polar surface area (TPSA) is 0 Å². The van der Waals surface area contributed by atoms with Gasteiger partial charge in [-0.3, -0.25) is 0 Å². The lowest BCUT2D eigenvalue weighted by Gasteiger charge is -2.02. The molecule has 2 aromatic rings.